The average molecular weight is 273 g/mol. The molecule has 0 aliphatic carbocycles. The first-order valence-electron chi connectivity index (χ1n) is 5.65. The summed E-state index contributed by atoms with van der Waals surface area (Å²) in [6.45, 7) is 1.93. The molecule has 0 atom stereocenters. The van der Waals surface area contributed by atoms with Crippen LogP contribution in [-0.4, -0.2) is 19.5 Å². The van der Waals surface area contributed by atoms with E-state index >= 15 is 0 Å². The lowest BCUT2D eigenvalue weighted by atomic mass is 10.3. The molecule has 96 valence electrons. The first-order valence-corrected chi connectivity index (χ1v) is 6.53. The predicted molar refractivity (Wildman–Crippen MR) is 74.9 cm³/mol. The second-order valence-corrected chi connectivity index (χ2v) is 5.00. The fraction of sp³-hybridized carbons (Fsp3) is 0.167. The summed E-state index contributed by atoms with van der Waals surface area (Å²) in [7, 11) is 1.65. The van der Waals surface area contributed by atoms with E-state index in [1.54, 1.807) is 19.2 Å². The van der Waals surface area contributed by atoms with Gasteiger partial charge >= 0.3 is 0 Å². The molecule has 3 aromatic rings. The van der Waals surface area contributed by atoms with Gasteiger partial charge in [-0.3, -0.25) is 4.79 Å². The van der Waals surface area contributed by atoms with Crippen LogP contribution in [0.5, 0.6) is 0 Å². The van der Waals surface area contributed by atoms with Gasteiger partial charge in [-0.2, -0.15) is 0 Å². The second kappa shape index (κ2) is 4.43. The molecule has 0 aliphatic heterocycles. The van der Waals surface area contributed by atoms with Crippen molar-refractivity contribution in [1.29, 1.82) is 0 Å². The number of rotatable bonds is 2. The Hall–Kier alpha value is -2.28. The molecule has 3 aromatic heterocycles. The maximum absolute atomic E-state index is 12.0. The largest absolute Gasteiger partial charge is 0.316 e. The maximum atomic E-state index is 12.0. The molecule has 0 saturated carbocycles. The van der Waals surface area contributed by atoms with E-state index in [0.29, 0.717) is 16.9 Å². The van der Waals surface area contributed by atoms with Gasteiger partial charge in [-0.05, 0) is 19.1 Å². The number of fused-ring (bicyclic) bond motifs is 1. The highest BCUT2D eigenvalue weighted by Gasteiger charge is 2.06. The van der Waals surface area contributed by atoms with Crippen molar-refractivity contribution in [1.82, 2.24) is 19.5 Å². The number of anilines is 2. The molecular formula is C12H11N5OS. The van der Waals surface area contributed by atoms with Gasteiger partial charge in [0.2, 0.25) is 0 Å². The van der Waals surface area contributed by atoms with Crippen LogP contribution in [-0.2, 0) is 7.05 Å². The zero-order valence-corrected chi connectivity index (χ0v) is 11.2. The van der Waals surface area contributed by atoms with Crippen LogP contribution in [0.25, 0.3) is 11.0 Å². The molecule has 6 nitrogen and oxygen atoms in total. The van der Waals surface area contributed by atoms with Crippen LogP contribution in [0, 0.1) is 6.92 Å². The molecule has 0 spiro atoms. The van der Waals surface area contributed by atoms with Crippen molar-refractivity contribution in [2.75, 3.05) is 5.32 Å². The molecule has 1 N–H and O–H groups in total. The minimum Gasteiger partial charge on any atom is -0.316 e. The number of hydrogen-bond donors (Lipinski definition) is 1. The Kier molecular flexibility index (Phi) is 2.75. The summed E-state index contributed by atoms with van der Waals surface area (Å²) in [5.41, 5.74) is 1.72. The number of pyridine rings is 1. The molecular weight excluding hydrogens is 262 g/mol. The standard InChI is InChI=1S/C12H11N5OS/c1-7-5-19-12(14-7)16-9-4-3-8-10(15-9)11(18)17(2)6-13-8/h3-6H,1-2H3,(H,14,15,16). The van der Waals surface area contributed by atoms with E-state index in [4.69, 9.17) is 0 Å². The molecule has 0 aliphatic rings. The highest BCUT2D eigenvalue weighted by molar-refractivity contribution is 7.13. The summed E-state index contributed by atoms with van der Waals surface area (Å²) in [4.78, 5) is 24.7. The monoisotopic (exact) mass is 273 g/mol. The Morgan fingerprint density at radius 3 is 2.89 bits per heavy atom. The highest BCUT2D eigenvalue weighted by Crippen LogP contribution is 2.19. The topological polar surface area (TPSA) is 72.7 Å². The molecule has 3 heterocycles. The SMILES string of the molecule is Cc1csc(Nc2ccc3ncn(C)c(=O)c3n2)n1. The first kappa shape index (κ1) is 11.8. The quantitative estimate of drug-likeness (QED) is 0.771. The Labute approximate surface area is 112 Å². The number of aryl methyl sites for hydroxylation is 2. The summed E-state index contributed by atoms with van der Waals surface area (Å²) in [5, 5.41) is 5.79. The molecule has 7 heteroatoms. The van der Waals surface area contributed by atoms with Crippen LogP contribution in [0.2, 0.25) is 0 Å². The number of nitrogens with zero attached hydrogens (tertiary/aromatic N) is 4. The molecule has 0 radical (unpaired) electrons. The Morgan fingerprint density at radius 1 is 1.32 bits per heavy atom. The zero-order chi connectivity index (χ0) is 13.4. The minimum atomic E-state index is -0.163. The normalized spacial score (nSPS) is 10.8. The van der Waals surface area contributed by atoms with E-state index in [2.05, 4.69) is 20.3 Å². The van der Waals surface area contributed by atoms with Crippen molar-refractivity contribution in [2.24, 2.45) is 7.05 Å². The van der Waals surface area contributed by atoms with Crippen LogP contribution in [0.4, 0.5) is 10.9 Å². The van der Waals surface area contributed by atoms with Crippen LogP contribution in [0.1, 0.15) is 5.69 Å². The van der Waals surface area contributed by atoms with E-state index < -0.39 is 0 Å². The Morgan fingerprint density at radius 2 is 2.16 bits per heavy atom. The van der Waals surface area contributed by atoms with Gasteiger partial charge in [0.05, 0.1) is 17.5 Å². The highest BCUT2D eigenvalue weighted by atomic mass is 32.1. The van der Waals surface area contributed by atoms with Crippen molar-refractivity contribution in [3.63, 3.8) is 0 Å². The number of hydrogen-bond acceptors (Lipinski definition) is 6. The third kappa shape index (κ3) is 2.19. The van der Waals surface area contributed by atoms with E-state index in [-0.39, 0.29) is 5.56 Å². The van der Waals surface area contributed by atoms with Gasteiger partial charge in [0.15, 0.2) is 10.6 Å². The third-order valence-corrected chi connectivity index (χ3v) is 3.50. The molecule has 0 fully saturated rings. The third-order valence-electron chi connectivity index (χ3n) is 2.62. The van der Waals surface area contributed by atoms with Crippen molar-refractivity contribution in [3.8, 4) is 0 Å². The summed E-state index contributed by atoms with van der Waals surface area (Å²) >= 11 is 1.50. The smallest absolute Gasteiger partial charge is 0.279 e. The van der Waals surface area contributed by atoms with Crippen molar-refractivity contribution >= 4 is 33.3 Å². The van der Waals surface area contributed by atoms with E-state index in [0.717, 1.165) is 10.8 Å². The molecule has 0 amide bonds. The maximum Gasteiger partial charge on any atom is 0.279 e. The summed E-state index contributed by atoms with van der Waals surface area (Å²) in [5.74, 6) is 0.590. The lowest BCUT2D eigenvalue weighted by Crippen LogP contribution is -2.18. The fourth-order valence-corrected chi connectivity index (χ4v) is 2.37. The molecule has 0 saturated heterocycles. The molecule has 3 rings (SSSR count). The van der Waals surface area contributed by atoms with Gasteiger partial charge in [0.25, 0.3) is 5.56 Å². The van der Waals surface area contributed by atoms with Crippen LogP contribution in [0.15, 0.2) is 28.6 Å². The minimum absolute atomic E-state index is 0.163. The van der Waals surface area contributed by atoms with Crippen molar-refractivity contribution in [2.45, 2.75) is 6.92 Å². The van der Waals surface area contributed by atoms with Gasteiger partial charge in [-0.1, -0.05) is 0 Å². The number of thiazole rings is 1. The lowest BCUT2D eigenvalue weighted by Gasteiger charge is -2.04. The van der Waals surface area contributed by atoms with Crippen molar-refractivity contribution in [3.05, 3.63) is 39.9 Å². The van der Waals surface area contributed by atoms with Gasteiger partial charge in [-0.15, -0.1) is 11.3 Å². The molecule has 0 unspecified atom stereocenters. The van der Waals surface area contributed by atoms with E-state index in [1.165, 1.54) is 22.2 Å². The lowest BCUT2D eigenvalue weighted by molar-refractivity contribution is 0.839. The van der Waals surface area contributed by atoms with Gasteiger partial charge in [-0.25, -0.2) is 15.0 Å². The summed E-state index contributed by atoms with van der Waals surface area (Å²) in [6.07, 6.45) is 1.49. The van der Waals surface area contributed by atoms with E-state index in [1.807, 2.05) is 12.3 Å². The van der Waals surface area contributed by atoms with Gasteiger partial charge in [0, 0.05) is 12.4 Å². The van der Waals surface area contributed by atoms with Crippen LogP contribution < -0.4 is 10.9 Å². The summed E-state index contributed by atoms with van der Waals surface area (Å²) in [6, 6.07) is 3.55. The van der Waals surface area contributed by atoms with Crippen LogP contribution in [0.3, 0.4) is 0 Å². The first-order chi connectivity index (χ1) is 9.13. The summed E-state index contributed by atoms with van der Waals surface area (Å²) < 4.78 is 1.41. The fourth-order valence-electron chi connectivity index (χ4n) is 1.67. The van der Waals surface area contributed by atoms with Crippen LogP contribution >= 0.6 is 11.3 Å². The Bertz CT molecular complexity index is 807. The second-order valence-electron chi connectivity index (χ2n) is 4.14. The zero-order valence-electron chi connectivity index (χ0n) is 10.4. The van der Waals surface area contributed by atoms with E-state index in [9.17, 15) is 4.79 Å². The van der Waals surface area contributed by atoms with Crippen molar-refractivity contribution < 1.29 is 0 Å². The molecule has 0 bridgehead atoms. The Balaban J connectivity index is 2.06. The number of nitrogens with one attached hydrogen (secondary N) is 1. The molecule has 0 aromatic carbocycles. The number of aromatic nitrogens is 4. The van der Waals surface area contributed by atoms with Gasteiger partial charge < -0.3 is 9.88 Å². The average Bonchev–Trinajstić information content (AvgIpc) is 2.80. The molecule has 19 heavy (non-hydrogen) atoms. The predicted octanol–water partition coefficient (Wildman–Crippen LogP) is 1.84. The van der Waals surface area contributed by atoms with Gasteiger partial charge in [0.1, 0.15) is 5.82 Å².